The first-order valence-corrected chi connectivity index (χ1v) is 9.39. The van der Waals surface area contributed by atoms with Crippen LogP contribution in [0.3, 0.4) is 0 Å². The third kappa shape index (κ3) is 3.60. The van der Waals surface area contributed by atoms with E-state index >= 15 is 0 Å². The Morgan fingerprint density at radius 2 is 1.96 bits per heavy atom. The normalized spacial score (nSPS) is 17.1. The van der Waals surface area contributed by atoms with Gasteiger partial charge in [0.25, 0.3) is 0 Å². The Bertz CT molecular complexity index is 966. The van der Waals surface area contributed by atoms with Crippen molar-refractivity contribution in [2.75, 3.05) is 11.4 Å². The fourth-order valence-corrected chi connectivity index (χ4v) is 3.42. The van der Waals surface area contributed by atoms with Crippen LogP contribution >= 0.6 is 11.6 Å². The highest BCUT2D eigenvalue weighted by Crippen LogP contribution is 2.33. The van der Waals surface area contributed by atoms with Crippen molar-refractivity contribution in [3.05, 3.63) is 65.0 Å². The summed E-state index contributed by atoms with van der Waals surface area (Å²) >= 11 is 5.92. The summed E-state index contributed by atoms with van der Waals surface area (Å²) in [6, 6.07) is 15.4. The lowest BCUT2D eigenvalue weighted by atomic mass is 10.0. The fourth-order valence-electron chi connectivity index (χ4n) is 3.29. The third-order valence-corrected chi connectivity index (χ3v) is 5.12. The minimum atomic E-state index is -0.103. The molecule has 1 aliphatic rings. The van der Waals surface area contributed by atoms with Crippen molar-refractivity contribution in [2.24, 2.45) is 0 Å². The Kier molecular flexibility index (Phi) is 4.70. The Balaban J connectivity index is 1.54. The Morgan fingerprint density at radius 3 is 2.70 bits per heavy atom. The topological polar surface area (TPSA) is 59.2 Å². The minimum Gasteiger partial charge on any atom is -0.339 e. The first-order chi connectivity index (χ1) is 13.0. The van der Waals surface area contributed by atoms with E-state index < -0.39 is 0 Å². The zero-order valence-corrected chi connectivity index (χ0v) is 16.0. The molecule has 1 aromatic heterocycles. The summed E-state index contributed by atoms with van der Waals surface area (Å²) in [6.45, 7) is 4.83. The number of anilines is 1. The van der Waals surface area contributed by atoms with Gasteiger partial charge in [0, 0.05) is 29.2 Å². The van der Waals surface area contributed by atoms with Gasteiger partial charge in [0.2, 0.25) is 17.6 Å². The van der Waals surface area contributed by atoms with E-state index in [0.717, 1.165) is 11.3 Å². The minimum absolute atomic E-state index is 0.0761. The van der Waals surface area contributed by atoms with Gasteiger partial charge in [-0.25, -0.2) is 0 Å². The molecule has 0 bridgehead atoms. The lowest BCUT2D eigenvalue weighted by molar-refractivity contribution is -0.117. The molecule has 0 radical (unpaired) electrons. The van der Waals surface area contributed by atoms with Crippen molar-refractivity contribution < 1.29 is 9.32 Å². The molecule has 138 valence electrons. The number of halogens is 1. The van der Waals surface area contributed by atoms with Crippen LogP contribution < -0.4 is 4.90 Å². The molecule has 0 N–H and O–H groups in total. The monoisotopic (exact) mass is 381 g/mol. The van der Waals surface area contributed by atoms with Crippen molar-refractivity contribution in [3.8, 4) is 11.4 Å². The molecule has 0 spiro atoms. The summed E-state index contributed by atoms with van der Waals surface area (Å²) in [5.74, 6) is 1.39. The zero-order valence-electron chi connectivity index (χ0n) is 15.2. The van der Waals surface area contributed by atoms with Gasteiger partial charge in [-0.1, -0.05) is 42.7 Å². The fraction of sp³-hybridized carbons (Fsp3) is 0.286. The van der Waals surface area contributed by atoms with Crippen LogP contribution in [0.4, 0.5) is 5.69 Å². The van der Waals surface area contributed by atoms with Crippen LogP contribution in [-0.2, 0) is 4.79 Å². The summed E-state index contributed by atoms with van der Waals surface area (Å²) in [4.78, 5) is 18.9. The van der Waals surface area contributed by atoms with Crippen LogP contribution in [0.25, 0.3) is 11.4 Å². The standard InChI is InChI=1S/C21H20ClN3O2/c1-13(2)15-4-3-5-18(10-15)25-12-16(11-19(25)26)21-23-20(24-27-21)14-6-8-17(22)9-7-14/h3-10,13,16H,11-12H2,1-2H3. The van der Waals surface area contributed by atoms with E-state index in [4.69, 9.17) is 16.1 Å². The van der Waals surface area contributed by atoms with Crippen molar-refractivity contribution in [2.45, 2.75) is 32.1 Å². The predicted molar refractivity (Wildman–Crippen MR) is 105 cm³/mol. The number of amides is 1. The number of aromatic nitrogens is 2. The smallest absolute Gasteiger partial charge is 0.232 e. The molecule has 2 heterocycles. The van der Waals surface area contributed by atoms with E-state index in [1.165, 1.54) is 5.56 Å². The first-order valence-electron chi connectivity index (χ1n) is 9.01. The van der Waals surface area contributed by atoms with Crippen LogP contribution in [0, 0.1) is 0 Å². The Labute approximate surface area is 163 Å². The zero-order chi connectivity index (χ0) is 19.0. The molecule has 1 aliphatic heterocycles. The number of benzene rings is 2. The van der Waals surface area contributed by atoms with Crippen LogP contribution in [0.2, 0.25) is 5.02 Å². The highest BCUT2D eigenvalue weighted by atomic mass is 35.5. The number of nitrogens with zero attached hydrogens (tertiary/aromatic N) is 3. The lowest BCUT2D eigenvalue weighted by Crippen LogP contribution is -2.24. The van der Waals surface area contributed by atoms with Crippen molar-refractivity contribution in [1.29, 1.82) is 0 Å². The third-order valence-electron chi connectivity index (χ3n) is 4.87. The SMILES string of the molecule is CC(C)c1cccc(N2CC(c3nc(-c4ccc(Cl)cc4)no3)CC2=O)c1. The maximum absolute atomic E-state index is 12.6. The molecule has 3 aromatic rings. The summed E-state index contributed by atoms with van der Waals surface area (Å²) < 4.78 is 5.45. The van der Waals surface area contributed by atoms with Crippen molar-refractivity contribution >= 4 is 23.2 Å². The maximum Gasteiger partial charge on any atom is 0.232 e. The average Bonchev–Trinajstić information content (AvgIpc) is 3.29. The average molecular weight is 382 g/mol. The largest absolute Gasteiger partial charge is 0.339 e. The highest BCUT2D eigenvalue weighted by molar-refractivity contribution is 6.30. The maximum atomic E-state index is 12.6. The number of carbonyl (C=O) groups excluding carboxylic acids is 1. The van der Waals surface area contributed by atoms with Crippen molar-refractivity contribution in [3.63, 3.8) is 0 Å². The molecule has 1 fully saturated rings. The predicted octanol–water partition coefficient (Wildman–Crippen LogP) is 5.03. The van der Waals surface area contributed by atoms with Crippen LogP contribution in [0.15, 0.2) is 53.1 Å². The summed E-state index contributed by atoms with van der Waals surface area (Å²) in [6.07, 6.45) is 0.369. The second-order valence-corrected chi connectivity index (χ2v) is 7.55. The summed E-state index contributed by atoms with van der Waals surface area (Å²) in [5, 5.41) is 4.72. The number of carbonyl (C=O) groups is 1. The molecule has 27 heavy (non-hydrogen) atoms. The van der Waals surface area contributed by atoms with E-state index in [0.29, 0.717) is 35.6 Å². The highest BCUT2D eigenvalue weighted by Gasteiger charge is 2.35. The van der Waals surface area contributed by atoms with Gasteiger partial charge < -0.3 is 9.42 Å². The van der Waals surface area contributed by atoms with Gasteiger partial charge in [0.1, 0.15) is 0 Å². The quantitative estimate of drug-likeness (QED) is 0.635. The number of hydrogen-bond donors (Lipinski definition) is 0. The number of rotatable bonds is 4. The molecule has 1 atom stereocenters. The van der Waals surface area contributed by atoms with Gasteiger partial charge in [-0.15, -0.1) is 0 Å². The van der Waals surface area contributed by atoms with Gasteiger partial charge in [-0.2, -0.15) is 4.98 Å². The van der Waals surface area contributed by atoms with E-state index in [2.05, 4.69) is 36.1 Å². The second-order valence-electron chi connectivity index (χ2n) is 7.12. The van der Waals surface area contributed by atoms with E-state index in [9.17, 15) is 4.79 Å². The molecule has 0 aliphatic carbocycles. The molecular formula is C21H20ClN3O2. The number of hydrogen-bond acceptors (Lipinski definition) is 4. The molecule has 1 amide bonds. The van der Waals surface area contributed by atoms with Crippen LogP contribution in [0.5, 0.6) is 0 Å². The van der Waals surface area contributed by atoms with Gasteiger partial charge in [-0.05, 0) is 47.9 Å². The Hall–Kier alpha value is -2.66. The van der Waals surface area contributed by atoms with Crippen molar-refractivity contribution in [1.82, 2.24) is 10.1 Å². The molecule has 5 nitrogen and oxygen atoms in total. The molecule has 1 unspecified atom stereocenters. The van der Waals surface area contributed by atoms with Gasteiger partial charge in [0.15, 0.2) is 0 Å². The molecule has 1 saturated heterocycles. The van der Waals surface area contributed by atoms with Gasteiger partial charge >= 0.3 is 0 Å². The van der Waals surface area contributed by atoms with Crippen LogP contribution in [-0.4, -0.2) is 22.6 Å². The molecule has 2 aromatic carbocycles. The summed E-state index contributed by atoms with van der Waals surface area (Å²) in [7, 11) is 0. The van der Waals surface area contributed by atoms with Crippen LogP contribution in [0.1, 0.15) is 43.6 Å². The van der Waals surface area contributed by atoms with E-state index in [1.54, 1.807) is 12.1 Å². The Morgan fingerprint density at radius 1 is 1.19 bits per heavy atom. The summed E-state index contributed by atoms with van der Waals surface area (Å²) in [5.41, 5.74) is 2.97. The van der Waals surface area contributed by atoms with Gasteiger partial charge in [0.05, 0.1) is 5.92 Å². The van der Waals surface area contributed by atoms with Gasteiger partial charge in [-0.3, -0.25) is 4.79 Å². The second kappa shape index (κ2) is 7.16. The first kappa shape index (κ1) is 17.7. The molecular weight excluding hydrogens is 362 g/mol. The van der Waals surface area contributed by atoms with E-state index in [-0.39, 0.29) is 11.8 Å². The molecule has 0 saturated carbocycles. The molecule has 6 heteroatoms. The van der Waals surface area contributed by atoms with E-state index in [1.807, 2.05) is 29.2 Å². The molecule has 4 rings (SSSR count). The lowest BCUT2D eigenvalue weighted by Gasteiger charge is -2.18.